The zero-order valence-electron chi connectivity index (χ0n) is 20.1. The fourth-order valence-corrected chi connectivity index (χ4v) is 3.61. The third-order valence-electron chi connectivity index (χ3n) is 5.50. The summed E-state index contributed by atoms with van der Waals surface area (Å²) in [6.45, 7) is 0. The summed E-state index contributed by atoms with van der Waals surface area (Å²) in [6.07, 6.45) is 32.9. The molecule has 32 heavy (non-hydrogen) atoms. The van der Waals surface area contributed by atoms with Crippen LogP contribution in [0.1, 0.15) is 122 Å². The molecule has 5 heteroatoms. The van der Waals surface area contributed by atoms with Crippen molar-refractivity contribution in [1.29, 1.82) is 0 Å². The number of carboxylic acid groups (broad SMARTS) is 2. The van der Waals surface area contributed by atoms with Crippen LogP contribution in [0.4, 0.5) is 0 Å². The van der Waals surface area contributed by atoms with E-state index in [0.717, 1.165) is 25.7 Å². The van der Waals surface area contributed by atoms with Gasteiger partial charge >= 0.3 is 11.9 Å². The van der Waals surface area contributed by atoms with E-state index >= 15 is 0 Å². The number of hydrogen-bond donors (Lipinski definition) is 3. The van der Waals surface area contributed by atoms with Gasteiger partial charge in [0.05, 0.1) is 0 Å². The Bertz CT molecular complexity index is 482. The predicted molar refractivity (Wildman–Crippen MR) is 134 cm³/mol. The summed E-state index contributed by atoms with van der Waals surface area (Å²) in [5, 5.41) is 20.0. The van der Waals surface area contributed by atoms with Crippen molar-refractivity contribution in [1.82, 2.24) is 5.32 Å². The predicted octanol–water partition coefficient (Wildman–Crippen LogP) is 7.74. The molecular weight excluding hydrogens is 402 g/mol. The second-order valence-electron chi connectivity index (χ2n) is 8.57. The van der Waals surface area contributed by atoms with Gasteiger partial charge in [0.15, 0.2) is 0 Å². The molecule has 0 spiro atoms. The molecule has 0 saturated carbocycles. The van der Waals surface area contributed by atoms with Crippen LogP contribution in [-0.2, 0) is 9.59 Å². The minimum absolute atomic E-state index is 0.324. The van der Waals surface area contributed by atoms with Gasteiger partial charge in [0.2, 0.25) is 0 Å². The minimum atomic E-state index is -0.671. The van der Waals surface area contributed by atoms with Crippen LogP contribution in [0, 0.1) is 0 Å². The quantitative estimate of drug-likeness (QED) is 0.165. The summed E-state index contributed by atoms with van der Waals surface area (Å²) >= 11 is 0. The molecule has 0 aromatic heterocycles. The van der Waals surface area contributed by atoms with Crippen LogP contribution in [0.5, 0.6) is 0 Å². The smallest absolute Gasteiger partial charge is 0.303 e. The fraction of sp³-hybridized carbons (Fsp3) is 0.704. The molecule has 1 heterocycles. The van der Waals surface area contributed by atoms with E-state index in [2.05, 4.69) is 5.32 Å². The molecule has 0 aromatic carbocycles. The molecule has 1 aliphatic heterocycles. The Balaban J connectivity index is 0.00000115. The van der Waals surface area contributed by atoms with Crippen molar-refractivity contribution in [2.75, 3.05) is 0 Å². The van der Waals surface area contributed by atoms with Gasteiger partial charge in [-0.1, -0.05) is 108 Å². The van der Waals surface area contributed by atoms with Crippen molar-refractivity contribution >= 4 is 11.9 Å². The van der Waals surface area contributed by atoms with Gasteiger partial charge in [-0.05, 0) is 25.0 Å². The highest BCUT2D eigenvalue weighted by Crippen LogP contribution is 2.14. The maximum atomic E-state index is 10.4. The van der Waals surface area contributed by atoms with Gasteiger partial charge in [-0.2, -0.15) is 0 Å². The lowest BCUT2D eigenvalue weighted by Crippen LogP contribution is -1.93. The molecule has 0 radical (unpaired) electrons. The molecule has 0 atom stereocenters. The Morgan fingerprint density at radius 1 is 0.438 bits per heavy atom. The summed E-state index contributed by atoms with van der Waals surface area (Å²) in [7, 11) is 0. The Kier molecular flexibility index (Phi) is 23.6. The number of rotatable bonds is 20. The molecule has 0 amide bonds. The summed E-state index contributed by atoms with van der Waals surface area (Å²) in [6, 6.07) is 0. The van der Waals surface area contributed by atoms with Crippen LogP contribution in [0.15, 0.2) is 36.7 Å². The number of hydrogen-bond acceptors (Lipinski definition) is 3. The van der Waals surface area contributed by atoms with E-state index in [-0.39, 0.29) is 0 Å². The lowest BCUT2D eigenvalue weighted by Gasteiger charge is -2.03. The summed E-state index contributed by atoms with van der Waals surface area (Å²) in [5.41, 5.74) is 0. The number of carboxylic acids is 2. The van der Waals surface area contributed by atoms with E-state index in [1.165, 1.54) is 83.5 Å². The van der Waals surface area contributed by atoms with Crippen LogP contribution >= 0.6 is 0 Å². The Hall–Kier alpha value is -2.04. The van der Waals surface area contributed by atoms with E-state index < -0.39 is 11.9 Å². The topological polar surface area (TPSA) is 86.6 Å². The summed E-state index contributed by atoms with van der Waals surface area (Å²) in [5.74, 6) is -1.34. The first-order valence-electron chi connectivity index (χ1n) is 12.8. The first kappa shape index (κ1) is 30.0. The highest BCUT2D eigenvalue weighted by molar-refractivity contribution is 5.66. The average Bonchev–Trinajstić information content (AvgIpc) is 3.08. The molecule has 1 aliphatic rings. The van der Waals surface area contributed by atoms with Crippen LogP contribution in [-0.4, -0.2) is 22.2 Å². The lowest BCUT2D eigenvalue weighted by atomic mass is 10.0. The van der Waals surface area contributed by atoms with Crippen LogP contribution in [0.2, 0.25) is 0 Å². The fourth-order valence-electron chi connectivity index (χ4n) is 3.61. The van der Waals surface area contributed by atoms with Crippen LogP contribution in [0.25, 0.3) is 0 Å². The van der Waals surface area contributed by atoms with Gasteiger partial charge in [0, 0.05) is 25.2 Å². The maximum Gasteiger partial charge on any atom is 0.303 e. The first-order valence-corrected chi connectivity index (χ1v) is 12.8. The summed E-state index contributed by atoms with van der Waals surface area (Å²) in [4.78, 5) is 20.7. The van der Waals surface area contributed by atoms with Gasteiger partial charge in [0.1, 0.15) is 0 Å². The highest BCUT2D eigenvalue weighted by atomic mass is 16.4. The SMILES string of the molecule is C1=CC=CNC=C1.O=C(O)CCCCCCCCCCCCCCCCCCCC(=O)O. The third kappa shape index (κ3) is 28.0. The van der Waals surface area contributed by atoms with Gasteiger partial charge in [-0.3, -0.25) is 9.59 Å². The number of carbonyl (C=O) groups is 2. The molecule has 5 nitrogen and oxygen atoms in total. The minimum Gasteiger partial charge on any atom is -0.481 e. The molecular formula is C27H47NO4. The van der Waals surface area contributed by atoms with Crippen molar-refractivity contribution in [2.24, 2.45) is 0 Å². The molecule has 184 valence electrons. The summed E-state index contributed by atoms with van der Waals surface area (Å²) < 4.78 is 0. The van der Waals surface area contributed by atoms with Crippen molar-refractivity contribution in [3.05, 3.63) is 36.7 Å². The monoisotopic (exact) mass is 449 g/mol. The zero-order chi connectivity index (χ0) is 23.5. The van der Waals surface area contributed by atoms with Gasteiger partial charge in [-0.15, -0.1) is 0 Å². The Morgan fingerprint density at radius 3 is 0.938 bits per heavy atom. The zero-order valence-corrected chi connectivity index (χ0v) is 20.1. The number of allylic oxidation sites excluding steroid dienone is 4. The molecule has 0 bridgehead atoms. The van der Waals surface area contributed by atoms with Crippen LogP contribution in [0.3, 0.4) is 0 Å². The van der Waals surface area contributed by atoms with E-state index in [0.29, 0.717) is 12.8 Å². The maximum absolute atomic E-state index is 10.4. The number of aliphatic carboxylic acids is 2. The highest BCUT2D eigenvalue weighted by Gasteiger charge is 1.98. The number of unbranched alkanes of at least 4 members (excludes halogenated alkanes) is 16. The van der Waals surface area contributed by atoms with Crippen LogP contribution < -0.4 is 5.32 Å². The van der Waals surface area contributed by atoms with Gasteiger partial charge in [0.25, 0.3) is 0 Å². The van der Waals surface area contributed by atoms with Crippen molar-refractivity contribution in [2.45, 2.75) is 122 Å². The van der Waals surface area contributed by atoms with E-state index in [1.807, 2.05) is 36.7 Å². The third-order valence-corrected chi connectivity index (χ3v) is 5.50. The molecule has 0 fully saturated rings. The second kappa shape index (κ2) is 25.2. The molecule has 0 unspecified atom stereocenters. The molecule has 0 aliphatic carbocycles. The molecule has 0 saturated heterocycles. The van der Waals surface area contributed by atoms with E-state index in [4.69, 9.17) is 10.2 Å². The Morgan fingerprint density at radius 2 is 0.688 bits per heavy atom. The first-order chi connectivity index (χ1) is 15.6. The van der Waals surface area contributed by atoms with E-state index in [1.54, 1.807) is 0 Å². The standard InChI is InChI=1S/C21H40O4.C6H7N/c22-20(23)18-16-14-12-10-8-6-4-2-1-3-5-7-9-11-13-15-17-19-21(24)25;1-2-4-6-7-5-3-1/h1-19H2,(H,22,23)(H,24,25);1-7H. The molecule has 0 aromatic rings. The Labute approximate surface area is 196 Å². The normalized spacial score (nSPS) is 12.0. The van der Waals surface area contributed by atoms with Crippen molar-refractivity contribution in [3.8, 4) is 0 Å². The molecule has 3 N–H and O–H groups in total. The van der Waals surface area contributed by atoms with Crippen molar-refractivity contribution in [3.63, 3.8) is 0 Å². The van der Waals surface area contributed by atoms with Crippen molar-refractivity contribution < 1.29 is 19.8 Å². The largest absolute Gasteiger partial charge is 0.481 e. The van der Waals surface area contributed by atoms with Gasteiger partial charge in [-0.25, -0.2) is 0 Å². The van der Waals surface area contributed by atoms with Gasteiger partial charge < -0.3 is 15.5 Å². The van der Waals surface area contributed by atoms with E-state index in [9.17, 15) is 9.59 Å². The number of nitrogens with one attached hydrogen (secondary N) is 1. The average molecular weight is 450 g/mol. The lowest BCUT2D eigenvalue weighted by molar-refractivity contribution is -0.138. The second-order valence-corrected chi connectivity index (χ2v) is 8.57. The molecule has 1 rings (SSSR count).